The van der Waals surface area contributed by atoms with E-state index in [0.29, 0.717) is 12.2 Å². The molecule has 0 bridgehead atoms. The van der Waals surface area contributed by atoms with E-state index in [0.717, 1.165) is 41.7 Å². The van der Waals surface area contributed by atoms with Crippen molar-refractivity contribution < 1.29 is 9.18 Å². The number of hydrogen-bond donors (Lipinski definition) is 1. The van der Waals surface area contributed by atoms with Crippen LogP contribution in [-0.4, -0.2) is 38.2 Å². The molecule has 5 nitrogen and oxygen atoms in total. The minimum Gasteiger partial charge on any atom is -0.351 e. The second kappa shape index (κ2) is 6.02. The first kappa shape index (κ1) is 15.9. The minimum atomic E-state index is -0.297. The van der Waals surface area contributed by atoms with Crippen LogP contribution in [0.5, 0.6) is 0 Å². The quantitative estimate of drug-likeness (QED) is 0.794. The summed E-state index contributed by atoms with van der Waals surface area (Å²) in [6.45, 7) is 5.46. The van der Waals surface area contributed by atoms with Crippen LogP contribution in [0.1, 0.15) is 34.7 Å². The number of aryl methyl sites for hydroxylation is 2. The lowest BCUT2D eigenvalue weighted by Crippen LogP contribution is -2.38. The summed E-state index contributed by atoms with van der Waals surface area (Å²) in [5, 5.41) is 5.23. The Morgan fingerprint density at radius 1 is 1.32 bits per heavy atom. The van der Waals surface area contributed by atoms with Crippen molar-refractivity contribution in [1.82, 2.24) is 19.7 Å². The van der Waals surface area contributed by atoms with E-state index in [1.165, 1.54) is 12.1 Å². The van der Waals surface area contributed by atoms with Crippen LogP contribution in [0.15, 0.2) is 30.3 Å². The zero-order valence-electron chi connectivity index (χ0n) is 14.4. The van der Waals surface area contributed by atoms with Gasteiger partial charge in [0.15, 0.2) is 0 Å². The highest BCUT2D eigenvalue weighted by Gasteiger charge is 2.31. The Balaban J connectivity index is 1.58. The molecule has 1 saturated heterocycles. The van der Waals surface area contributed by atoms with Crippen LogP contribution in [0.25, 0.3) is 10.9 Å². The maximum atomic E-state index is 13.4. The van der Waals surface area contributed by atoms with E-state index in [9.17, 15) is 9.18 Å². The number of aromatic nitrogens is 3. The third kappa shape index (κ3) is 2.92. The van der Waals surface area contributed by atoms with Crippen molar-refractivity contribution in [1.29, 1.82) is 0 Å². The summed E-state index contributed by atoms with van der Waals surface area (Å²) in [6.07, 6.45) is 1.96. The normalized spacial score (nSPS) is 17.6. The minimum absolute atomic E-state index is 0.0272. The zero-order valence-corrected chi connectivity index (χ0v) is 14.4. The van der Waals surface area contributed by atoms with Gasteiger partial charge in [0.25, 0.3) is 5.91 Å². The van der Waals surface area contributed by atoms with Crippen molar-refractivity contribution in [3.05, 3.63) is 53.2 Å². The van der Waals surface area contributed by atoms with Crippen LogP contribution in [0.4, 0.5) is 4.39 Å². The molecule has 3 heterocycles. The van der Waals surface area contributed by atoms with Crippen molar-refractivity contribution >= 4 is 16.8 Å². The van der Waals surface area contributed by atoms with E-state index in [1.807, 2.05) is 29.5 Å². The molecule has 0 radical (unpaired) electrons. The maximum absolute atomic E-state index is 13.4. The Hall–Kier alpha value is -2.63. The molecule has 25 heavy (non-hydrogen) atoms. The van der Waals surface area contributed by atoms with Gasteiger partial charge in [-0.3, -0.25) is 9.48 Å². The number of likely N-dealkylation sites (tertiary alicyclic amines) is 1. The number of fused-ring (bicyclic) bond motifs is 1. The Morgan fingerprint density at radius 3 is 2.92 bits per heavy atom. The highest BCUT2D eigenvalue weighted by atomic mass is 19.1. The molecule has 6 heteroatoms. The Labute approximate surface area is 145 Å². The van der Waals surface area contributed by atoms with Crippen molar-refractivity contribution in [3.8, 4) is 0 Å². The average Bonchev–Trinajstić information content (AvgIpc) is 3.26. The molecule has 1 aliphatic heterocycles. The van der Waals surface area contributed by atoms with Gasteiger partial charge in [0.2, 0.25) is 0 Å². The number of nitrogens with one attached hydrogen (secondary N) is 1. The lowest BCUT2D eigenvalue weighted by Gasteiger charge is -2.24. The molecule has 0 unspecified atom stereocenters. The van der Waals surface area contributed by atoms with Crippen LogP contribution in [-0.2, 0) is 6.54 Å². The predicted octanol–water partition coefficient (Wildman–Crippen LogP) is 3.43. The number of H-pyrrole nitrogens is 1. The van der Waals surface area contributed by atoms with Crippen LogP contribution in [0.2, 0.25) is 0 Å². The van der Waals surface area contributed by atoms with Gasteiger partial charge in [0, 0.05) is 23.1 Å². The summed E-state index contributed by atoms with van der Waals surface area (Å²) >= 11 is 0. The Kier molecular flexibility index (Phi) is 3.82. The second-order valence-electron chi connectivity index (χ2n) is 6.82. The van der Waals surface area contributed by atoms with Gasteiger partial charge in [0.05, 0.1) is 18.3 Å². The van der Waals surface area contributed by atoms with Crippen molar-refractivity contribution in [2.45, 2.75) is 39.3 Å². The fourth-order valence-corrected chi connectivity index (χ4v) is 3.73. The number of carbonyl (C=O) groups is 1. The first-order valence-corrected chi connectivity index (χ1v) is 8.61. The van der Waals surface area contributed by atoms with Crippen LogP contribution < -0.4 is 0 Å². The predicted molar refractivity (Wildman–Crippen MR) is 94.0 cm³/mol. The van der Waals surface area contributed by atoms with Gasteiger partial charge < -0.3 is 9.88 Å². The molecule has 4 rings (SSSR count). The summed E-state index contributed by atoms with van der Waals surface area (Å²) < 4.78 is 15.4. The largest absolute Gasteiger partial charge is 0.351 e. The topological polar surface area (TPSA) is 53.9 Å². The van der Waals surface area contributed by atoms with Crippen LogP contribution in [0.3, 0.4) is 0 Å². The van der Waals surface area contributed by atoms with E-state index in [4.69, 9.17) is 0 Å². The van der Waals surface area contributed by atoms with Crippen molar-refractivity contribution in [2.75, 3.05) is 6.54 Å². The van der Waals surface area contributed by atoms with Crippen molar-refractivity contribution in [2.24, 2.45) is 0 Å². The number of benzene rings is 1. The summed E-state index contributed by atoms with van der Waals surface area (Å²) in [4.78, 5) is 18.0. The summed E-state index contributed by atoms with van der Waals surface area (Å²) in [7, 11) is 0. The molecule has 1 atom stereocenters. The second-order valence-corrected chi connectivity index (χ2v) is 6.82. The zero-order chi connectivity index (χ0) is 17.6. The van der Waals surface area contributed by atoms with Crippen molar-refractivity contribution in [3.63, 3.8) is 0 Å². The van der Waals surface area contributed by atoms with Gasteiger partial charge in [-0.2, -0.15) is 5.10 Å². The summed E-state index contributed by atoms with van der Waals surface area (Å²) in [5.41, 5.74) is 3.39. The Morgan fingerprint density at radius 2 is 2.16 bits per heavy atom. The molecule has 0 spiro atoms. The number of rotatable bonds is 3. The number of nitrogens with zero attached hydrogens (tertiary/aromatic N) is 3. The monoisotopic (exact) mass is 340 g/mol. The SMILES string of the molecule is Cc1cc(C)n(C[C@H]2CCCN2C(=O)c2cc3cc(F)ccc3[nH]2)n1. The molecule has 2 aromatic heterocycles. The summed E-state index contributed by atoms with van der Waals surface area (Å²) in [5.74, 6) is -0.324. The molecule has 1 N–H and O–H groups in total. The number of amides is 1. The molecule has 1 fully saturated rings. The van der Waals surface area contributed by atoms with Crippen LogP contribution >= 0.6 is 0 Å². The molecular weight excluding hydrogens is 319 g/mol. The van der Waals surface area contributed by atoms with Gasteiger partial charge in [-0.1, -0.05) is 0 Å². The van der Waals surface area contributed by atoms with Gasteiger partial charge in [-0.25, -0.2) is 4.39 Å². The lowest BCUT2D eigenvalue weighted by molar-refractivity contribution is 0.0716. The molecule has 3 aromatic rings. The lowest BCUT2D eigenvalue weighted by atomic mass is 10.2. The molecule has 0 aliphatic carbocycles. The molecule has 130 valence electrons. The fraction of sp³-hybridized carbons (Fsp3) is 0.368. The van der Waals surface area contributed by atoms with E-state index < -0.39 is 0 Å². The maximum Gasteiger partial charge on any atom is 0.270 e. The first-order valence-electron chi connectivity index (χ1n) is 8.61. The molecule has 1 amide bonds. The van der Waals surface area contributed by atoms with E-state index in [-0.39, 0.29) is 17.8 Å². The number of carbonyl (C=O) groups excluding carboxylic acids is 1. The van der Waals surface area contributed by atoms with Gasteiger partial charge in [-0.05, 0) is 57.0 Å². The molecule has 1 aliphatic rings. The van der Waals surface area contributed by atoms with Gasteiger partial charge in [0.1, 0.15) is 11.5 Å². The summed E-state index contributed by atoms with van der Waals surface area (Å²) in [6, 6.07) is 8.42. The first-order chi connectivity index (χ1) is 12.0. The van der Waals surface area contributed by atoms with Crippen LogP contribution in [0, 0.1) is 19.7 Å². The highest BCUT2D eigenvalue weighted by molar-refractivity contribution is 5.98. The number of aromatic amines is 1. The number of hydrogen-bond acceptors (Lipinski definition) is 2. The van der Waals surface area contributed by atoms with E-state index in [2.05, 4.69) is 10.1 Å². The smallest absolute Gasteiger partial charge is 0.270 e. The van der Waals surface area contributed by atoms with Gasteiger partial charge >= 0.3 is 0 Å². The van der Waals surface area contributed by atoms with E-state index in [1.54, 1.807) is 12.1 Å². The highest BCUT2D eigenvalue weighted by Crippen LogP contribution is 2.24. The molecule has 0 saturated carbocycles. The standard InChI is InChI=1S/C19H21FN4O/c1-12-8-13(2)24(22-12)11-16-4-3-7-23(16)19(25)18-10-14-9-15(20)5-6-17(14)21-18/h5-6,8-10,16,21H,3-4,7,11H2,1-2H3/t16-/m1/s1. The third-order valence-electron chi connectivity index (χ3n) is 4.94. The van der Waals surface area contributed by atoms with Gasteiger partial charge in [-0.15, -0.1) is 0 Å². The fourth-order valence-electron chi connectivity index (χ4n) is 3.73. The molecule has 1 aromatic carbocycles. The number of halogens is 1. The van der Waals surface area contributed by atoms with E-state index >= 15 is 0 Å². The Bertz CT molecular complexity index is 942. The third-order valence-corrected chi connectivity index (χ3v) is 4.94. The average molecular weight is 340 g/mol. The molecular formula is C19H21FN4O.